The summed E-state index contributed by atoms with van der Waals surface area (Å²) in [6.07, 6.45) is 0. The Morgan fingerprint density at radius 3 is 2.59 bits per heavy atom. The molecule has 17 heavy (non-hydrogen) atoms. The van der Waals surface area contributed by atoms with Gasteiger partial charge in [0.2, 0.25) is 0 Å². The fraction of sp³-hybridized carbons (Fsp3) is 0.364. The lowest BCUT2D eigenvalue weighted by molar-refractivity contribution is 0.597. The van der Waals surface area contributed by atoms with Gasteiger partial charge in [-0.25, -0.2) is 0 Å². The number of anilines is 1. The maximum atomic E-state index is 12.0. The zero-order chi connectivity index (χ0) is 12.6. The summed E-state index contributed by atoms with van der Waals surface area (Å²) in [6.45, 7) is 3.99. The molecule has 1 heterocycles. The molecule has 0 fully saturated rings. The lowest BCUT2D eigenvalue weighted by Crippen LogP contribution is -2.31. The fourth-order valence-corrected chi connectivity index (χ4v) is 3.09. The Bertz CT molecular complexity index is 567. The second-order valence-corrected chi connectivity index (χ2v) is 6.78. The number of amidine groups is 1. The van der Waals surface area contributed by atoms with Gasteiger partial charge in [0.1, 0.15) is 10.7 Å². The third-order valence-electron chi connectivity index (χ3n) is 2.49. The van der Waals surface area contributed by atoms with Crippen molar-refractivity contribution in [3.05, 3.63) is 24.3 Å². The number of hydrogen-bond donors (Lipinski definition) is 1. The van der Waals surface area contributed by atoms with Crippen LogP contribution < -0.4 is 5.32 Å². The smallest absolute Gasteiger partial charge is 0.286 e. The van der Waals surface area contributed by atoms with Crippen LogP contribution in [0.2, 0.25) is 0 Å². The number of nitrogens with zero attached hydrogens (tertiary/aromatic N) is 1. The van der Waals surface area contributed by atoms with Crippen molar-refractivity contribution in [2.45, 2.75) is 23.6 Å². The minimum atomic E-state index is -3.57. The van der Waals surface area contributed by atoms with Crippen LogP contribution in [0.5, 0.6) is 0 Å². The van der Waals surface area contributed by atoms with Crippen LogP contribution in [0.25, 0.3) is 0 Å². The summed E-state index contributed by atoms with van der Waals surface area (Å²) < 4.78 is 27.7. The second-order valence-electron chi connectivity index (χ2n) is 4.22. The molecule has 0 unspecified atom stereocenters. The maximum Gasteiger partial charge on any atom is 0.286 e. The molecule has 0 aromatic heterocycles. The molecule has 1 N–H and O–H groups in total. The van der Waals surface area contributed by atoms with Crippen LogP contribution in [0.3, 0.4) is 0 Å². The highest BCUT2D eigenvalue weighted by atomic mass is 79.9. The van der Waals surface area contributed by atoms with E-state index in [0.717, 1.165) is 0 Å². The summed E-state index contributed by atoms with van der Waals surface area (Å²) in [5.41, 5.74) is 0.586. The molecule has 1 aromatic rings. The van der Waals surface area contributed by atoms with E-state index in [1.54, 1.807) is 24.3 Å². The van der Waals surface area contributed by atoms with E-state index in [4.69, 9.17) is 0 Å². The lowest BCUT2D eigenvalue weighted by atomic mass is 10.1. The number of alkyl halides is 1. The molecule has 0 amide bonds. The molecule has 1 aliphatic rings. The first-order valence-corrected chi connectivity index (χ1v) is 7.62. The van der Waals surface area contributed by atoms with Gasteiger partial charge in [0.05, 0.1) is 10.5 Å². The van der Waals surface area contributed by atoms with E-state index in [1.807, 2.05) is 13.8 Å². The highest BCUT2D eigenvalue weighted by Gasteiger charge is 2.28. The molecule has 4 nitrogen and oxygen atoms in total. The Morgan fingerprint density at radius 1 is 1.29 bits per heavy atom. The van der Waals surface area contributed by atoms with Crippen LogP contribution in [0.1, 0.15) is 13.8 Å². The minimum Gasteiger partial charge on any atom is -0.341 e. The molecular weight excluding hydrogens is 304 g/mol. The van der Waals surface area contributed by atoms with Crippen molar-refractivity contribution in [3.63, 3.8) is 0 Å². The molecule has 1 aliphatic heterocycles. The van der Waals surface area contributed by atoms with Crippen LogP contribution in [-0.4, -0.2) is 19.1 Å². The molecule has 0 radical (unpaired) electrons. The van der Waals surface area contributed by atoms with Gasteiger partial charge in [-0.15, -0.1) is 4.40 Å². The normalized spacial score (nSPS) is 19.2. The molecule has 0 spiro atoms. The van der Waals surface area contributed by atoms with Gasteiger partial charge in [-0.1, -0.05) is 41.9 Å². The number of rotatable bonds is 2. The first-order valence-electron chi connectivity index (χ1n) is 5.27. The molecule has 1 atom stereocenters. The van der Waals surface area contributed by atoms with Gasteiger partial charge < -0.3 is 5.32 Å². The Kier molecular flexibility index (Phi) is 3.27. The first kappa shape index (κ1) is 12.6. The van der Waals surface area contributed by atoms with Gasteiger partial charge in [-0.05, 0) is 18.1 Å². The predicted molar refractivity (Wildman–Crippen MR) is 72.2 cm³/mol. The third-order valence-corrected chi connectivity index (χ3v) is 5.33. The van der Waals surface area contributed by atoms with Crippen molar-refractivity contribution < 1.29 is 8.42 Å². The van der Waals surface area contributed by atoms with Crippen molar-refractivity contribution in [1.29, 1.82) is 0 Å². The SMILES string of the molecule is CC(C)[C@@H](Br)C1=NS(=O)(=O)c2ccccc2N1. The van der Waals surface area contributed by atoms with E-state index in [9.17, 15) is 8.42 Å². The summed E-state index contributed by atoms with van der Waals surface area (Å²) in [6, 6.07) is 6.77. The largest absolute Gasteiger partial charge is 0.341 e. The van der Waals surface area contributed by atoms with Crippen LogP contribution in [0, 0.1) is 5.92 Å². The molecule has 2 rings (SSSR count). The highest BCUT2D eigenvalue weighted by molar-refractivity contribution is 9.10. The molecule has 0 saturated carbocycles. The topological polar surface area (TPSA) is 58.5 Å². The first-order chi connectivity index (χ1) is 7.92. The van der Waals surface area contributed by atoms with Crippen LogP contribution in [0.4, 0.5) is 5.69 Å². The Morgan fingerprint density at radius 2 is 1.94 bits per heavy atom. The van der Waals surface area contributed by atoms with E-state index in [-0.39, 0.29) is 15.6 Å². The molecule has 6 heteroatoms. The molecule has 0 bridgehead atoms. The molecule has 92 valence electrons. The number of hydrogen-bond acceptors (Lipinski definition) is 3. The highest BCUT2D eigenvalue weighted by Crippen LogP contribution is 2.29. The number of benzene rings is 1. The number of fused-ring (bicyclic) bond motifs is 1. The average Bonchev–Trinajstić information content (AvgIpc) is 2.27. The Labute approximate surface area is 109 Å². The average molecular weight is 317 g/mol. The van der Waals surface area contributed by atoms with Crippen molar-refractivity contribution in [3.8, 4) is 0 Å². The summed E-state index contributed by atoms with van der Waals surface area (Å²) >= 11 is 3.45. The monoisotopic (exact) mass is 316 g/mol. The second kappa shape index (κ2) is 4.42. The van der Waals surface area contributed by atoms with Crippen LogP contribution >= 0.6 is 15.9 Å². The molecule has 1 aromatic carbocycles. The molecular formula is C11H13BrN2O2S. The number of halogens is 1. The Balaban J connectivity index is 2.49. The number of nitrogens with one attached hydrogen (secondary N) is 1. The van der Waals surface area contributed by atoms with Crippen LogP contribution in [0.15, 0.2) is 33.6 Å². The van der Waals surface area contributed by atoms with Gasteiger partial charge in [0.15, 0.2) is 0 Å². The van der Waals surface area contributed by atoms with Gasteiger partial charge in [-0.3, -0.25) is 0 Å². The zero-order valence-corrected chi connectivity index (χ0v) is 11.9. The van der Waals surface area contributed by atoms with Crippen LogP contribution in [-0.2, 0) is 10.0 Å². The van der Waals surface area contributed by atoms with Crippen molar-refractivity contribution >= 4 is 37.5 Å². The maximum absolute atomic E-state index is 12.0. The quantitative estimate of drug-likeness (QED) is 0.853. The summed E-state index contributed by atoms with van der Waals surface area (Å²) in [5, 5.41) is 3.06. The molecule has 0 saturated heterocycles. The van der Waals surface area contributed by atoms with Gasteiger partial charge in [0.25, 0.3) is 10.0 Å². The van der Waals surface area contributed by atoms with Gasteiger partial charge >= 0.3 is 0 Å². The number of sulfonamides is 1. The van der Waals surface area contributed by atoms with Crippen molar-refractivity contribution in [2.24, 2.45) is 10.3 Å². The van der Waals surface area contributed by atoms with Crippen molar-refractivity contribution in [1.82, 2.24) is 0 Å². The number of para-hydroxylation sites is 1. The molecule has 0 aliphatic carbocycles. The van der Waals surface area contributed by atoms with E-state index in [0.29, 0.717) is 11.5 Å². The predicted octanol–water partition coefficient (Wildman–Crippen LogP) is 2.62. The van der Waals surface area contributed by atoms with E-state index < -0.39 is 10.0 Å². The van der Waals surface area contributed by atoms with Gasteiger partial charge in [-0.2, -0.15) is 8.42 Å². The third kappa shape index (κ3) is 2.37. The summed E-state index contributed by atoms with van der Waals surface area (Å²) in [5.74, 6) is 0.695. The lowest BCUT2D eigenvalue weighted by Gasteiger charge is -2.23. The Hall–Kier alpha value is -0.880. The summed E-state index contributed by atoms with van der Waals surface area (Å²) in [4.78, 5) is 0.123. The van der Waals surface area contributed by atoms with Crippen molar-refractivity contribution in [2.75, 3.05) is 5.32 Å². The zero-order valence-electron chi connectivity index (χ0n) is 9.51. The minimum absolute atomic E-state index is 0.106. The van der Waals surface area contributed by atoms with E-state index in [1.165, 1.54) is 0 Å². The fourth-order valence-electron chi connectivity index (χ4n) is 1.57. The summed E-state index contributed by atoms with van der Waals surface area (Å²) in [7, 11) is -3.57. The standard InChI is InChI=1S/C11H13BrN2O2S/c1-7(2)10(12)11-13-8-5-3-4-6-9(8)17(15,16)14-11/h3-7,10H,1-2H3,(H,13,14)/t10-/m1/s1. The van der Waals surface area contributed by atoms with Gasteiger partial charge in [0, 0.05) is 0 Å². The van der Waals surface area contributed by atoms with E-state index >= 15 is 0 Å². The van der Waals surface area contributed by atoms with E-state index in [2.05, 4.69) is 25.6 Å².